The van der Waals surface area contributed by atoms with Crippen LogP contribution in [-0.2, 0) is 6.42 Å². The first kappa shape index (κ1) is 12.4. The van der Waals surface area contributed by atoms with Gasteiger partial charge in [0, 0.05) is 23.8 Å². The van der Waals surface area contributed by atoms with Gasteiger partial charge in [0.25, 0.3) is 5.91 Å². The molecule has 0 aliphatic carbocycles. The third-order valence-corrected chi connectivity index (χ3v) is 3.11. The highest BCUT2D eigenvalue weighted by Gasteiger charge is 2.18. The second-order valence-corrected chi connectivity index (χ2v) is 4.60. The molecule has 1 amide bonds. The van der Waals surface area contributed by atoms with Crippen LogP contribution in [0, 0.1) is 11.3 Å². The molecule has 0 radical (unpaired) electrons. The summed E-state index contributed by atoms with van der Waals surface area (Å²) in [5.74, 6) is -0.0849. The second-order valence-electron chi connectivity index (χ2n) is 4.60. The van der Waals surface area contributed by atoms with Gasteiger partial charge in [0.1, 0.15) is 0 Å². The van der Waals surface area contributed by atoms with E-state index in [1.54, 1.807) is 0 Å². The summed E-state index contributed by atoms with van der Waals surface area (Å²) < 4.78 is 0. The van der Waals surface area contributed by atoms with Crippen molar-refractivity contribution in [2.24, 2.45) is 0 Å². The van der Waals surface area contributed by atoms with Gasteiger partial charge in [-0.2, -0.15) is 5.26 Å². The maximum atomic E-state index is 12.2. The van der Waals surface area contributed by atoms with Crippen molar-refractivity contribution in [3.63, 3.8) is 0 Å². The van der Waals surface area contributed by atoms with Crippen LogP contribution in [0.25, 0.3) is 0 Å². The lowest BCUT2D eigenvalue weighted by Gasteiger charge is -2.21. The van der Waals surface area contributed by atoms with Gasteiger partial charge in [-0.05, 0) is 37.5 Å². The van der Waals surface area contributed by atoms with Crippen LogP contribution in [-0.4, -0.2) is 18.5 Å². The lowest BCUT2D eigenvalue weighted by atomic mass is 9.97. The van der Waals surface area contributed by atoms with Crippen LogP contribution in [0.2, 0.25) is 0 Å². The number of anilines is 1. The van der Waals surface area contributed by atoms with Crippen LogP contribution >= 0.6 is 0 Å². The van der Waals surface area contributed by atoms with Crippen molar-refractivity contribution < 1.29 is 4.79 Å². The Balaban J connectivity index is 2.18. The third-order valence-electron chi connectivity index (χ3n) is 3.11. The predicted molar refractivity (Wildman–Crippen MR) is 70.4 cm³/mol. The quantitative estimate of drug-likeness (QED) is 0.854. The van der Waals surface area contributed by atoms with Crippen molar-refractivity contribution in [1.82, 2.24) is 5.32 Å². The SMILES string of the molecule is CC(CC#N)NC(=O)c1cccc2c1CCCN2. The number of rotatable bonds is 3. The van der Waals surface area contributed by atoms with Crippen LogP contribution < -0.4 is 10.6 Å². The highest BCUT2D eigenvalue weighted by Crippen LogP contribution is 2.25. The Morgan fingerprint density at radius 1 is 1.61 bits per heavy atom. The van der Waals surface area contributed by atoms with E-state index in [4.69, 9.17) is 5.26 Å². The molecule has 4 heteroatoms. The molecule has 1 aliphatic rings. The maximum absolute atomic E-state index is 12.2. The Labute approximate surface area is 107 Å². The molecule has 0 spiro atoms. The van der Waals surface area contributed by atoms with Gasteiger partial charge in [-0.3, -0.25) is 4.79 Å². The van der Waals surface area contributed by atoms with E-state index in [9.17, 15) is 4.79 Å². The fourth-order valence-electron chi connectivity index (χ4n) is 2.21. The zero-order valence-corrected chi connectivity index (χ0v) is 10.5. The van der Waals surface area contributed by atoms with E-state index in [2.05, 4.69) is 16.7 Å². The molecule has 0 saturated heterocycles. The summed E-state index contributed by atoms with van der Waals surface area (Å²) in [5, 5.41) is 14.8. The van der Waals surface area contributed by atoms with E-state index in [1.807, 2.05) is 25.1 Å². The molecule has 1 atom stereocenters. The molecule has 2 N–H and O–H groups in total. The van der Waals surface area contributed by atoms with Crippen molar-refractivity contribution in [3.8, 4) is 6.07 Å². The number of carbonyl (C=O) groups is 1. The summed E-state index contributed by atoms with van der Waals surface area (Å²) in [6.07, 6.45) is 2.31. The molecule has 94 valence electrons. The summed E-state index contributed by atoms with van der Waals surface area (Å²) in [7, 11) is 0. The molecular weight excluding hydrogens is 226 g/mol. The first-order valence-corrected chi connectivity index (χ1v) is 6.26. The number of nitrogens with one attached hydrogen (secondary N) is 2. The number of hydrogen-bond acceptors (Lipinski definition) is 3. The number of nitriles is 1. The largest absolute Gasteiger partial charge is 0.385 e. The van der Waals surface area contributed by atoms with Crippen LogP contribution in [0.5, 0.6) is 0 Å². The summed E-state index contributed by atoms with van der Waals surface area (Å²) in [6, 6.07) is 7.69. The van der Waals surface area contributed by atoms with E-state index in [0.717, 1.165) is 36.2 Å². The molecule has 1 heterocycles. The molecule has 18 heavy (non-hydrogen) atoms. The molecule has 1 aromatic rings. The molecule has 1 aromatic carbocycles. The van der Waals surface area contributed by atoms with E-state index in [1.165, 1.54) is 0 Å². The predicted octanol–water partition coefficient (Wildman–Crippen LogP) is 2.08. The van der Waals surface area contributed by atoms with Gasteiger partial charge in [-0.15, -0.1) is 0 Å². The standard InChI is InChI=1S/C14H17N3O/c1-10(7-8-15)17-14(18)12-4-2-6-13-11(12)5-3-9-16-13/h2,4,6,10,16H,3,5,7,9H2,1H3,(H,17,18). The minimum absolute atomic E-state index is 0.0849. The lowest BCUT2D eigenvalue weighted by Crippen LogP contribution is -2.33. The Morgan fingerprint density at radius 2 is 2.44 bits per heavy atom. The molecule has 0 saturated carbocycles. The summed E-state index contributed by atoms with van der Waals surface area (Å²) in [4.78, 5) is 12.2. The minimum Gasteiger partial charge on any atom is -0.385 e. The molecule has 4 nitrogen and oxygen atoms in total. The highest BCUT2D eigenvalue weighted by atomic mass is 16.1. The second kappa shape index (κ2) is 5.54. The van der Waals surface area contributed by atoms with Gasteiger partial charge < -0.3 is 10.6 Å². The molecule has 0 aromatic heterocycles. The summed E-state index contributed by atoms with van der Waals surface area (Å²) >= 11 is 0. The molecule has 0 bridgehead atoms. The van der Waals surface area contributed by atoms with Crippen molar-refractivity contribution in [1.29, 1.82) is 5.26 Å². The molecule has 0 fully saturated rings. The van der Waals surface area contributed by atoms with Gasteiger partial charge in [0.05, 0.1) is 12.5 Å². The average molecular weight is 243 g/mol. The first-order chi connectivity index (χ1) is 8.72. The van der Waals surface area contributed by atoms with Gasteiger partial charge in [0.2, 0.25) is 0 Å². The number of carbonyl (C=O) groups excluding carboxylic acids is 1. The van der Waals surface area contributed by atoms with Crippen LogP contribution in [0.4, 0.5) is 5.69 Å². The number of hydrogen-bond donors (Lipinski definition) is 2. The number of nitrogens with zero attached hydrogens (tertiary/aromatic N) is 1. The van der Waals surface area contributed by atoms with E-state index in [0.29, 0.717) is 6.42 Å². The molecule has 2 rings (SSSR count). The Morgan fingerprint density at radius 3 is 3.22 bits per heavy atom. The number of fused-ring (bicyclic) bond motifs is 1. The molecular formula is C14H17N3O. The zero-order chi connectivity index (χ0) is 13.0. The van der Waals surface area contributed by atoms with Crippen molar-refractivity contribution in [3.05, 3.63) is 29.3 Å². The van der Waals surface area contributed by atoms with Crippen molar-refractivity contribution in [2.45, 2.75) is 32.2 Å². The Bertz CT molecular complexity index is 490. The molecule has 1 unspecified atom stereocenters. The number of amides is 1. The van der Waals surface area contributed by atoms with Gasteiger partial charge in [-0.1, -0.05) is 6.07 Å². The maximum Gasteiger partial charge on any atom is 0.251 e. The Hall–Kier alpha value is -2.02. The first-order valence-electron chi connectivity index (χ1n) is 6.26. The summed E-state index contributed by atoms with van der Waals surface area (Å²) in [5.41, 5.74) is 2.87. The highest BCUT2D eigenvalue weighted by molar-refractivity contribution is 5.97. The van der Waals surface area contributed by atoms with E-state index in [-0.39, 0.29) is 11.9 Å². The molecule has 1 aliphatic heterocycles. The average Bonchev–Trinajstić information content (AvgIpc) is 2.38. The van der Waals surface area contributed by atoms with Crippen LogP contribution in [0.3, 0.4) is 0 Å². The summed E-state index contributed by atoms with van der Waals surface area (Å²) in [6.45, 7) is 2.80. The zero-order valence-electron chi connectivity index (χ0n) is 10.5. The normalized spacial score (nSPS) is 14.9. The lowest BCUT2D eigenvalue weighted by molar-refractivity contribution is 0.0940. The Kier molecular flexibility index (Phi) is 3.83. The topological polar surface area (TPSA) is 64.9 Å². The number of benzene rings is 1. The van der Waals surface area contributed by atoms with Crippen LogP contribution in [0.1, 0.15) is 35.7 Å². The van der Waals surface area contributed by atoms with Gasteiger partial charge in [-0.25, -0.2) is 0 Å². The van der Waals surface area contributed by atoms with E-state index >= 15 is 0 Å². The smallest absolute Gasteiger partial charge is 0.251 e. The van der Waals surface area contributed by atoms with Crippen molar-refractivity contribution in [2.75, 3.05) is 11.9 Å². The third kappa shape index (κ3) is 2.62. The van der Waals surface area contributed by atoms with Crippen LogP contribution in [0.15, 0.2) is 18.2 Å². The van der Waals surface area contributed by atoms with E-state index < -0.39 is 0 Å². The van der Waals surface area contributed by atoms with Gasteiger partial charge >= 0.3 is 0 Å². The fourth-order valence-corrected chi connectivity index (χ4v) is 2.21. The minimum atomic E-state index is -0.116. The fraction of sp³-hybridized carbons (Fsp3) is 0.429. The monoisotopic (exact) mass is 243 g/mol. The van der Waals surface area contributed by atoms with Crippen molar-refractivity contribution >= 4 is 11.6 Å². The van der Waals surface area contributed by atoms with Gasteiger partial charge in [0.15, 0.2) is 0 Å².